The number of para-hydroxylation sites is 1. The van der Waals surface area contributed by atoms with Crippen LogP contribution < -0.4 is 10.5 Å². The van der Waals surface area contributed by atoms with E-state index in [9.17, 15) is 9.59 Å². The Morgan fingerprint density at radius 3 is 2.86 bits per heavy atom. The molecule has 1 fully saturated rings. The number of nitrogens with zero attached hydrogens (tertiary/aromatic N) is 2. The van der Waals surface area contributed by atoms with Crippen molar-refractivity contribution in [3.8, 4) is 11.8 Å². The van der Waals surface area contributed by atoms with E-state index in [1.54, 1.807) is 24.3 Å². The lowest BCUT2D eigenvalue weighted by Crippen LogP contribution is -2.51. The molecule has 0 aromatic heterocycles. The molecule has 1 atom stereocenters. The average Bonchev–Trinajstić information content (AvgIpc) is 2.52. The molecule has 1 aromatic carbocycles. The molecule has 0 saturated carbocycles. The van der Waals surface area contributed by atoms with E-state index in [4.69, 9.17) is 15.7 Å². The summed E-state index contributed by atoms with van der Waals surface area (Å²) in [7, 11) is 0. The van der Waals surface area contributed by atoms with Gasteiger partial charge in [0.2, 0.25) is 5.91 Å². The molecule has 2 rings (SSSR count). The predicted molar refractivity (Wildman–Crippen MR) is 75.2 cm³/mol. The predicted octanol–water partition coefficient (Wildman–Crippen LogP) is 0.803. The maximum absolute atomic E-state index is 12.2. The lowest BCUT2D eigenvalue weighted by atomic mass is 10.0. The van der Waals surface area contributed by atoms with E-state index in [0.717, 1.165) is 12.8 Å². The van der Waals surface area contributed by atoms with Gasteiger partial charge in [-0.25, -0.2) is 0 Å². The van der Waals surface area contributed by atoms with E-state index in [-0.39, 0.29) is 12.5 Å². The van der Waals surface area contributed by atoms with Crippen molar-refractivity contribution in [3.63, 3.8) is 0 Å². The number of nitrogens with two attached hydrogens (primary N) is 1. The molecule has 6 nitrogen and oxygen atoms in total. The maximum Gasteiger partial charge on any atom is 0.261 e. The number of hydrogen-bond acceptors (Lipinski definition) is 4. The molecule has 0 spiro atoms. The highest BCUT2D eigenvalue weighted by molar-refractivity contribution is 5.87. The minimum atomic E-state index is -0.555. The van der Waals surface area contributed by atoms with Crippen LogP contribution in [0.15, 0.2) is 24.3 Å². The third kappa shape index (κ3) is 3.51. The number of primary amides is 1. The Kier molecular flexibility index (Phi) is 4.77. The first kappa shape index (κ1) is 14.9. The minimum absolute atomic E-state index is 0.206. The van der Waals surface area contributed by atoms with Gasteiger partial charge >= 0.3 is 0 Å². The number of hydrogen-bond donors (Lipinski definition) is 1. The van der Waals surface area contributed by atoms with Gasteiger partial charge < -0.3 is 15.4 Å². The van der Waals surface area contributed by atoms with Crippen LogP contribution in [0, 0.1) is 11.3 Å². The van der Waals surface area contributed by atoms with Gasteiger partial charge in [0.05, 0.1) is 5.56 Å². The number of amides is 2. The zero-order valence-corrected chi connectivity index (χ0v) is 11.6. The van der Waals surface area contributed by atoms with Crippen LogP contribution in [-0.2, 0) is 9.59 Å². The summed E-state index contributed by atoms with van der Waals surface area (Å²) < 4.78 is 5.41. The lowest BCUT2D eigenvalue weighted by Gasteiger charge is -2.33. The van der Waals surface area contributed by atoms with Crippen LogP contribution in [0.1, 0.15) is 24.8 Å². The number of carbonyl (C=O) groups is 2. The zero-order chi connectivity index (χ0) is 15.2. The molecule has 21 heavy (non-hydrogen) atoms. The largest absolute Gasteiger partial charge is 0.482 e. The van der Waals surface area contributed by atoms with Gasteiger partial charge in [-0.1, -0.05) is 12.1 Å². The standard InChI is InChI=1S/C15H17N3O3/c16-9-11-5-1-2-7-13(11)21-10-14(19)18-8-4-3-6-12(18)15(17)20/h1-2,5,7,12H,3-4,6,8,10H2,(H2,17,20). The normalized spacial score (nSPS) is 17.9. The molecule has 0 radical (unpaired) electrons. The van der Waals surface area contributed by atoms with E-state index in [2.05, 4.69) is 0 Å². The van der Waals surface area contributed by atoms with Gasteiger partial charge in [-0.15, -0.1) is 0 Å². The van der Waals surface area contributed by atoms with Crippen LogP contribution in [0.5, 0.6) is 5.75 Å². The van der Waals surface area contributed by atoms with Gasteiger partial charge in [0.1, 0.15) is 17.9 Å². The Bertz CT molecular complexity index is 580. The summed E-state index contributed by atoms with van der Waals surface area (Å²) in [5.74, 6) is -0.410. The number of ether oxygens (including phenoxy) is 1. The first-order valence-electron chi connectivity index (χ1n) is 6.84. The molecule has 0 bridgehead atoms. The molecule has 1 heterocycles. The van der Waals surface area contributed by atoms with Gasteiger partial charge in [0.25, 0.3) is 5.91 Å². The topological polar surface area (TPSA) is 96.4 Å². The summed E-state index contributed by atoms with van der Waals surface area (Å²) >= 11 is 0. The zero-order valence-electron chi connectivity index (χ0n) is 11.6. The molecule has 0 aliphatic carbocycles. The first-order chi connectivity index (χ1) is 10.1. The Balaban J connectivity index is 2.01. The molecule has 1 unspecified atom stereocenters. The maximum atomic E-state index is 12.2. The number of carbonyl (C=O) groups excluding carboxylic acids is 2. The fraction of sp³-hybridized carbons (Fsp3) is 0.400. The third-order valence-electron chi connectivity index (χ3n) is 3.51. The van der Waals surface area contributed by atoms with E-state index in [1.807, 2.05) is 6.07 Å². The quantitative estimate of drug-likeness (QED) is 0.886. The van der Waals surface area contributed by atoms with Crippen molar-refractivity contribution < 1.29 is 14.3 Å². The second-order valence-electron chi connectivity index (χ2n) is 4.90. The Morgan fingerprint density at radius 1 is 1.38 bits per heavy atom. The van der Waals surface area contributed by atoms with Gasteiger partial charge in [-0.2, -0.15) is 5.26 Å². The minimum Gasteiger partial charge on any atom is -0.482 e. The summed E-state index contributed by atoms with van der Waals surface area (Å²) in [5, 5.41) is 8.96. The highest BCUT2D eigenvalue weighted by Gasteiger charge is 2.30. The summed E-state index contributed by atoms with van der Waals surface area (Å²) in [6.07, 6.45) is 2.33. The molecule has 2 N–H and O–H groups in total. The Hall–Kier alpha value is -2.55. The SMILES string of the molecule is N#Cc1ccccc1OCC(=O)N1CCCCC1C(N)=O. The van der Waals surface area contributed by atoms with Gasteiger partial charge in [0, 0.05) is 6.54 Å². The fourth-order valence-electron chi connectivity index (χ4n) is 2.43. The van der Waals surface area contributed by atoms with Crippen molar-refractivity contribution in [1.29, 1.82) is 5.26 Å². The fourth-order valence-corrected chi connectivity index (χ4v) is 2.43. The van der Waals surface area contributed by atoms with Gasteiger partial charge in [0.15, 0.2) is 6.61 Å². The van der Waals surface area contributed by atoms with Crippen LogP contribution in [0.3, 0.4) is 0 Å². The highest BCUT2D eigenvalue weighted by Crippen LogP contribution is 2.19. The summed E-state index contributed by atoms with van der Waals surface area (Å²) in [4.78, 5) is 25.1. The smallest absolute Gasteiger partial charge is 0.261 e. The number of likely N-dealkylation sites (tertiary alicyclic amines) is 1. The lowest BCUT2D eigenvalue weighted by molar-refractivity contribution is -0.142. The van der Waals surface area contributed by atoms with Crippen molar-refractivity contribution in [3.05, 3.63) is 29.8 Å². The van der Waals surface area contributed by atoms with Crippen LogP contribution in [0.4, 0.5) is 0 Å². The van der Waals surface area contributed by atoms with Crippen molar-refractivity contribution in [2.24, 2.45) is 5.73 Å². The van der Waals surface area contributed by atoms with Crippen LogP contribution in [0.2, 0.25) is 0 Å². The van der Waals surface area contributed by atoms with Crippen LogP contribution in [0.25, 0.3) is 0 Å². The van der Waals surface area contributed by atoms with E-state index >= 15 is 0 Å². The molecule has 2 amide bonds. The summed E-state index contributed by atoms with van der Waals surface area (Å²) in [5.41, 5.74) is 5.70. The van der Waals surface area contributed by atoms with Crippen LogP contribution in [-0.4, -0.2) is 35.9 Å². The number of rotatable bonds is 4. The number of piperidine rings is 1. The Labute approximate surface area is 123 Å². The summed E-state index contributed by atoms with van der Waals surface area (Å²) in [6.45, 7) is 0.304. The molecule has 110 valence electrons. The molecule has 1 aliphatic heterocycles. The number of nitriles is 1. The highest BCUT2D eigenvalue weighted by atomic mass is 16.5. The second kappa shape index (κ2) is 6.75. The van der Waals surface area contributed by atoms with E-state index < -0.39 is 11.9 Å². The van der Waals surface area contributed by atoms with Crippen molar-refractivity contribution in [2.45, 2.75) is 25.3 Å². The second-order valence-corrected chi connectivity index (χ2v) is 4.90. The van der Waals surface area contributed by atoms with Crippen molar-refractivity contribution in [1.82, 2.24) is 4.90 Å². The monoisotopic (exact) mass is 287 g/mol. The van der Waals surface area contributed by atoms with Gasteiger partial charge in [-0.05, 0) is 31.4 Å². The molecule has 1 aliphatic rings. The van der Waals surface area contributed by atoms with Crippen molar-refractivity contribution >= 4 is 11.8 Å². The third-order valence-corrected chi connectivity index (χ3v) is 3.51. The molecular weight excluding hydrogens is 270 g/mol. The summed E-state index contributed by atoms with van der Waals surface area (Å²) in [6, 6.07) is 8.15. The number of benzene rings is 1. The average molecular weight is 287 g/mol. The van der Waals surface area contributed by atoms with Gasteiger partial charge in [-0.3, -0.25) is 9.59 Å². The molecule has 6 heteroatoms. The molecule has 1 aromatic rings. The Morgan fingerprint density at radius 2 is 2.14 bits per heavy atom. The molecule has 1 saturated heterocycles. The van der Waals surface area contributed by atoms with Crippen LogP contribution >= 0.6 is 0 Å². The van der Waals surface area contributed by atoms with E-state index in [0.29, 0.717) is 24.3 Å². The first-order valence-corrected chi connectivity index (χ1v) is 6.84. The molecular formula is C15H17N3O3. The van der Waals surface area contributed by atoms with Crippen molar-refractivity contribution in [2.75, 3.05) is 13.2 Å². The van der Waals surface area contributed by atoms with E-state index in [1.165, 1.54) is 4.90 Å².